The van der Waals surface area contributed by atoms with Gasteiger partial charge in [0.05, 0.1) is 11.1 Å². The van der Waals surface area contributed by atoms with Crippen molar-refractivity contribution in [2.24, 2.45) is 0 Å². The Labute approximate surface area is 96.9 Å². The van der Waals surface area contributed by atoms with Crippen LogP contribution in [0.2, 0.25) is 0 Å². The van der Waals surface area contributed by atoms with Gasteiger partial charge in [0.2, 0.25) is 11.8 Å². The summed E-state index contributed by atoms with van der Waals surface area (Å²) in [5.41, 5.74) is 0.523. The molecule has 6 heteroatoms. The van der Waals surface area contributed by atoms with Crippen LogP contribution in [0.4, 0.5) is 0 Å². The van der Waals surface area contributed by atoms with Gasteiger partial charge in [-0.15, -0.1) is 10.2 Å². The molecule has 1 aromatic heterocycles. The number of nitrogens with zero attached hydrogens (tertiary/aromatic N) is 2. The summed E-state index contributed by atoms with van der Waals surface area (Å²) in [6.07, 6.45) is 0. The summed E-state index contributed by atoms with van der Waals surface area (Å²) >= 11 is 0. The number of aromatic carboxylic acids is 1. The second kappa shape index (κ2) is 4.75. The van der Waals surface area contributed by atoms with Gasteiger partial charge in [0.25, 0.3) is 0 Å². The minimum absolute atomic E-state index is 0.125. The number of benzene rings is 1. The summed E-state index contributed by atoms with van der Waals surface area (Å²) in [6, 6.07) is 6.45. The summed E-state index contributed by atoms with van der Waals surface area (Å²) < 4.78 is 10.1. The Bertz CT molecular complexity index is 536. The number of carboxylic acids is 1. The third kappa shape index (κ3) is 2.31. The molecular formula is C11H10N2O4. The van der Waals surface area contributed by atoms with Crippen LogP contribution in [0.3, 0.4) is 0 Å². The molecule has 0 aliphatic heterocycles. The van der Waals surface area contributed by atoms with Gasteiger partial charge < -0.3 is 14.3 Å². The number of carboxylic acid groups (broad SMARTS) is 1. The van der Waals surface area contributed by atoms with Gasteiger partial charge in [0, 0.05) is 7.11 Å². The molecule has 2 aromatic rings. The Morgan fingerprint density at radius 3 is 2.88 bits per heavy atom. The first-order valence-electron chi connectivity index (χ1n) is 4.86. The van der Waals surface area contributed by atoms with Crippen molar-refractivity contribution in [1.29, 1.82) is 0 Å². The van der Waals surface area contributed by atoms with Crippen molar-refractivity contribution in [3.8, 4) is 11.5 Å². The fourth-order valence-electron chi connectivity index (χ4n) is 1.40. The molecule has 0 aliphatic carbocycles. The van der Waals surface area contributed by atoms with Gasteiger partial charge in [-0.05, 0) is 12.1 Å². The molecule has 1 heterocycles. The van der Waals surface area contributed by atoms with E-state index in [1.54, 1.807) is 18.2 Å². The van der Waals surface area contributed by atoms with Crippen molar-refractivity contribution in [3.63, 3.8) is 0 Å². The maximum Gasteiger partial charge on any atom is 0.336 e. The summed E-state index contributed by atoms with van der Waals surface area (Å²) in [4.78, 5) is 11.0. The van der Waals surface area contributed by atoms with E-state index in [1.165, 1.54) is 13.2 Å². The molecule has 0 fully saturated rings. The van der Waals surface area contributed by atoms with Gasteiger partial charge >= 0.3 is 5.97 Å². The first kappa shape index (κ1) is 11.3. The Morgan fingerprint density at radius 2 is 2.18 bits per heavy atom. The molecule has 0 bridgehead atoms. The standard InChI is InChI=1S/C11H10N2O4/c1-16-6-9-12-13-10(17-9)7-4-2-3-5-8(7)11(14)15/h2-5H,6H2,1H3,(H,14,15). The molecule has 0 spiro atoms. The molecule has 1 N–H and O–H groups in total. The highest BCUT2D eigenvalue weighted by Gasteiger charge is 2.16. The normalized spacial score (nSPS) is 10.4. The van der Waals surface area contributed by atoms with E-state index < -0.39 is 5.97 Å². The van der Waals surface area contributed by atoms with E-state index in [1.807, 2.05) is 0 Å². The molecule has 0 radical (unpaired) electrons. The third-order valence-electron chi connectivity index (χ3n) is 2.12. The molecule has 0 saturated heterocycles. The summed E-state index contributed by atoms with van der Waals surface area (Å²) in [6.45, 7) is 0.197. The van der Waals surface area contributed by atoms with Crippen LogP contribution in [0.25, 0.3) is 11.5 Å². The van der Waals surface area contributed by atoms with Crippen LogP contribution >= 0.6 is 0 Å². The van der Waals surface area contributed by atoms with Crippen LogP contribution in [0.5, 0.6) is 0 Å². The lowest BCUT2D eigenvalue weighted by molar-refractivity contribution is 0.0697. The molecule has 0 atom stereocenters. The molecule has 0 aliphatic rings. The Kier molecular flexibility index (Phi) is 3.15. The topological polar surface area (TPSA) is 85.5 Å². The second-order valence-electron chi connectivity index (χ2n) is 3.28. The van der Waals surface area contributed by atoms with E-state index in [4.69, 9.17) is 14.3 Å². The van der Waals surface area contributed by atoms with Crippen molar-refractivity contribution in [2.45, 2.75) is 6.61 Å². The zero-order valence-corrected chi connectivity index (χ0v) is 9.08. The Balaban J connectivity index is 2.41. The van der Waals surface area contributed by atoms with Crippen LogP contribution in [0.1, 0.15) is 16.2 Å². The highest BCUT2D eigenvalue weighted by atomic mass is 16.5. The van der Waals surface area contributed by atoms with E-state index in [0.29, 0.717) is 11.5 Å². The quantitative estimate of drug-likeness (QED) is 0.864. The van der Waals surface area contributed by atoms with Crippen LogP contribution in [0.15, 0.2) is 28.7 Å². The van der Waals surface area contributed by atoms with Crippen LogP contribution in [0, 0.1) is 0 Å². The van der Waals surface area contributed by atoms with Gasteiger partial charge in [-0.1, -0.05) is 12.1 Å². The molecule has 0 unspecified atom stereocenters. The van der Waals surface area contributed by atoms with E-state index in [-0.39, 0.29) is 18.1 Å². The van der Waals surface area contributed by atoms with Crippen LogP contribution < -0.4 is 0 Å². The van der Waals surface area contributed by atoms with Gasteiger partial charge in [0.15, 0.2) is 0 Å². The summed E-state index contributed by atoms with van der Waals surface area (Å²) in [5.74, 6) is -0.551. The van der Waals surface area contributed by atoms with Crippen LogP contribution in [-0.2, 0) is 11.3 Å². The number of hydrogen-bond acceptors (Lipinski definition) is 5. The molecule has 0 amide bonds. The Morgan fingerprint density at radius 1 is 1.41 bits per heavy atom. The van der Waals surface area contributed by atoms with Crippen molar-refractivity contribution in [2.75, 3.05) is 7.11 Å². The van der Waals surface area contributed by atoms with Crippen molar-refractivity contribution in [3.05, 3.63) is 35.7 Å². The number of carbonyl (C=O) groups is 1. The number of rotatable bonds is 4. The lowest BCUT2D eigenvalue weighted by atomic mass is 10.1. The SMILES string of the molecule is COCc1nnc(-c2ccccc2C(=O)O)o1. The number of hydrogen-bond donors (Lipinski definition) is 1. The van der Waals surface area contributed by atoms with Gasteiger partial charge in [-0.3, -0.25) is 0 Å². The number of ether oxygens (including phenoxy) is 1. The van der Waals surface area contributed by atoms with E-state index >= 15 is 0 Å². The summed E-state index contributed by atoms with van der Waals surface area (Å²) in [7, 11) is 1.51. The van der Waals surface area contributed by atoms with Crippen molar-refractivity contribution >= 4 is 5.97 Å². The van der Waals surface area contributed by atoms with Crippen molar-refractivity contribution < 1.29 is 19.1 Å². The first-order chi connectivity index (χ1) is 8.22. The molecular weight excluding hydrogens is 224 g/mol. The molecule has 1 aromatic carbocycles. The predicted octanol–water partition coefficient (Wildman–Crippen LogP) is 1.58. The largest absolute Gasteiger partial charge is 0.478 e. The maximum absolute atomic E-state index is 11.0. The van der Waals surface area contributed by atoms with E-state index in [2.05, 4.69) is 10.2 Å². The molecule has 17 heavy (non-hydrogen) atoms. The highest BCUT2D eigenvalue weighted by molar-refractivity contribution is 5.94. The highest BCUT2D eigenvalue weighted by Crippen LogP contribution is 2.22. The maximum atomic E-state index is 11.0. The average molecular weight is 234 g/mol. The lowest BCUT2D eigenvalue weighted by Gasteiger charge is -1.99. The van der Waals surface area contributed by atoms with Crippen molar-refractivity contribution in [1.82, 2.24) is 10.2 Å². The van der Waals surface area contributed by atoms with Crippen LogP contribution in [-0.4, -0.2) is 28.4 Å². The van der Waals surface area contributed by atoms with Gasteiger partial charge in [-0.25, -0.2) is 4.79 Å². The molecule has 2 rings (SSSR count). The second-order valence-corrected chi connectivity index (χ2v) is 3.28. The predicted molar refractivity (Wildman–Crippen MR) is 57.4 cm³/mol. The molecule has 6 nitrogen and oxygen atoms in total. The fraction of sp³-hybridized carbons (Fsp3) is 0.182. The van der Waals surface area contributed by atoms with E-state index in [0.717, 1.165) is 0 Å². The van der Waals surface area contributed by atoms with E-state index in [9.17, 15) is 4.79 Å². The zero-order chi connectivity index (χ0) is 12.3. The minimum atomic E-state index is -1.04. The third-order valence-corrected chi connectivity index (χ3v) is 2.12. The minimum Gasteiger partial charge on any atom is -0.478 e. The van der Waals surface area contributed by atoms with Gasteiger partial charge in [0.1, 0.15) is 6.61 Å². The number of methoxy groups -OCH3 is 1. The smallest absolute Gasteiger partial charge is 0.336 e. The molecule has 0 saturated carbocycles. The summed E-state index contributed by atoms with van der Waals surface area (Å²) in [5, 5.41) is 16.6. The van der Waals surface area contributed by atoms with Gasteiger partial charge in [-0.2, -0.15) is 0 Å². The molecule has 88 valence electrons. The number of aromatic nitrogens is 2. The zero-order valence-electron chi connectivity index (χ0n) is 9.08. The fourth-order valence-corrected chi connectivity index (χ4v) is 1.40. The monoisotopic (exact) mass is 234 g/mol. The lowest BCUT2D eigenvalue weighted by Crippen LogP contribution is -1.99. The average Bonchev–Trinajstić information content (AvgIpc) is 2.78. The Hall–Kier alpha value is -2.21. The first-order valence-corrected chi connectivity index (χ1v) is 4.86.